The minimum absolute atomic E-state index is 0.153. The molecule has 32 heavy (non-hydrogen) atoms. The van der Waals surface area contributed by atoms with Gasteiger partial charge in [0.05, 0.1) is 6.04 Å². The largest absolute Gasteiger partial charge is 0.503 e. The van der Waals surface area contributed by atoms with Crippen LogP contribution >= 0.6 is 0 Å². The van der Waals surface area contributed by atoms with Crippen LogP contribution < -0.4 is 0 Å². The van der Waals surface area contributed by atoms with Gasteiger partial charge in [-0.05, 0) is 37.1 Å². The number of ketones is 1. The third-order valence-corrected chi connectivity index (χ3v) is 5.68. The zero-order chi connectivity index (χ0) is 23.4. The molecule has 1 heterocycles. The number of hydrogen-bond donors (Lipinski definition) is 1. The predicted molar refractivity (Wildman–Crippen MR) is 125 cm³/mol. The number of benzene rings is 2. The molecule has 0 saturated carbocycles. The molecule has 1 aliphatic rings. The van der Waals surface area contributed by atoms with Gasteiger partial charge in [-0.1, -0.05) is 48.4 Å². The third kappa shape index (κ3) is 4.28. The molecule has 1 fully saturated rings. The molecule has 6 nitrogen and oxygen atoms in total. The normalized spacial score (nSPS) is 18.8. The van der Waals surface area contributed by atoms with Crippen molar-refractivity contribution < 1.29 is 14.7 Å². The highest BCUT2D eigenvalue weighted by Gasteiger charge is 2.44. The van der Waals surface area contributed by atoms with Crippen LogP contribution in [0.15, 0.2) is 71.2 Å². The summed E-state index contributed by atoms with van der Waals surface area (Å²) in [6.07, 6.45) is 5.64. The van der Waals surface area contributed by atoms with Crippen LogP contribution in [0.5, 0.6) is 0 Å². The number of hydrazone groups is 1. The lowest BCUT2D eigenvalue weighted by molar-refractivity contribution is -0.136. The van der Waals surface area contributed by atoms with Gasteiger partial charge in [-0.25, -0.2) is 0 Å². The Balaban J connectivity index is 2.26. The van der Waals surface area contributed by atoms with Gasteiger partial charge in [0.15, 0.2) is 17.2 Å². The number of hydrogen-bond acceptors (Lipinski definition) is 5. The number of nitrogens with zero attached hydrogens (tertiary/aromatic N) is 3. The van der Waals surface area contributed by atoms with Crippen molar-refractivity contribution in [1.29, 1.82) is 0 Å². The van der Waals surface area contributed by atoms with Gasteiger partial charge in [0, 0.05) is 37.7 Å². The van der Waals surface area contributed by atoms with Crippen molar-refractivity contribution >= 4 is 18.4 Å². The number of terminal acetylenes is 1. The Morgan fingerprint density at radius 2 is 1.84 bits per heavy atom. The van der Waals surface area contributed by atoms with Crippen molar-refractivity contribution in [3.8, 4) is 12.3 Å². The number of carbonyl (C=O) groups excluding carboxylic acids is 2. The summed E-state index contributed by atoms with van der Waals surface area (Å²) >= 11 is 0. The Labute approximate surface area is 188 Å². The van der Waals surface area contributed by atoms with Gasteiger partial charge in [0.25, 0.3) is 5.91 Å². The minimum atomic E-state index is -0.623. The molecule has 1 saturated heterocycles. The van der Waals surface area contributed by atoms with Crippen LogP contribution in [-0.4, -0.2) is 52.1 Å². The molecule has 164 valence electrons. The molecule has 0 bridgehead atoms. The standard InChI is InChI=1S/C26H27N3O3/c1-6-19-11-10-14-21(15-19)23(20-12-8-7-9-13-20)22-16-28(17(2)3)26(32)24(29(22)27-5)25(31)18(4)30/h1,7-15,17,22-23,31H,5,16H2,2-4H3/b25-24+. The number of Topliss-reactive ketones (excluding diaryl/α,β-unsaturated/α-hetero) is 1. The number of allylic oxidation sites excluding steroid dienone is 1. The van der Waals surface area contributed by atoms with Gasteiger partial charge in [0.1, 0.15) is 0 Å². The highest BCUT2D eigenvalue weighted by atomic mass is 16.3. The topological polar surface area (TPSA) is 73.2 Å². The lowest BCUT2D eigenvalue weighted by atomic mass is 9.82. The molecule has 1 N–H and O–H groups in total. The summed E-state index contributed by atoms with van der Waals surface area (Å²) in [6.45, 7) is 8.98. The van der Waals surface area contributed by atoms with Gasteiger partial charge in [0.2, 0.25) is 0 Å². The Kier molecular flexibility index (Phi) is 6.79. The number of aliphatic hydroxyl groups excluding tert-OH is 1. The highest BCUT2D eigenvalue weighted by molar-refractivity contribution is 6.03. The average molecular weight is 430 g/mol. The average Bonchev–Trinajstić information content (AvgIpc) is 2.79. The smallest absolute Gasteiger partial charge is 0.276 e. The van der Waals surface area contributed by atoms with E-state index in [9.17, 15) is 14.7 Å². The zero-order valence-electron chi connectivity index (χ0n) is 18.5. The number of carbonyl (C=O) groups is 2. The quantitative estimate of drug-likeness (QED) is 0.329. The summed E-state index contributed by atoms with van der Waals surface area (Å²) in [6, 6.07) is 16.9. The maximum Gasteiger partial charge on any atom is 0.276 e. The summed E-state index contributed by atoms with van der Waals surface area (Å²) in [5.74, 6) is 0.710. The summed E-state index contributed by atoms with van der Waals surface area (Å²) in [5.41, 5.74) is 2.49. The van der Waals surface area contributed by atoms with Crippen molar-refractivity contribution in [3.63, 3.8) is 0 Å². The molecular formula is C26H27N3O3. The van der Waals surface area contributed by atoms with Crippen LogP contribution in [0, 0.1) is 12.3 Å². The van der Waals surface area contributed by atoms with E-state index < -0.39 is 23.5 Å². The fraction of sp³-hybridized carbons (Fsp3) is 0.269. The lowest BCUT2D eigenvalue weighted by Gasteiger charge is -2.45. The SMILES string of the molecule is C#Cc1cccc(C(c2ccccc2)C2CN(C(C)C)C(=O)/C(=C(\O)C(C)=O)N2N=C)c1. The molecule has 0 radical (unpaired) electrons. The van der Waals surface area contributed by atoms with Crippen molar-refractivity contribution in [2.45, 2.75) is 38.8 Å². The monoisotopic (exact) mass is 429 g/mol. The second-order valence-corrected chi connectivity index (χ2v) is 8.02. The van der Waals surface area contributed by atoms with Gasteiger partial charge < -0.3 is 10.0 Å². The van der Waals surface area contributed by atoms with Crippen molar-refractivity contribution in [2.75, 3.05) is 6.54 Å². The van der Waals surface area contributed by atoms with E-state index in [-0.39, 0.29) is 17.7 Å². The maximum atomic E-state index is 13.2. The highest BCUT2D eigenvalue weighted by Crippen LogP contribution is 2.37. The Bertz CT molecular complexity index is 1100. The second-order valence-electron chi connectivity index (χ2n) is 8.02. The second kappa shape index (κ2) is 9.52. The fourth-order valence-corrected chi connectivity index (χ4v) is 4.12. The number of amides is 1. The van der Waals surface area contributed by atoms with E-state index in [1.165, 1.54) is 11.9 Å². The van der Waals surface area contributed by atoms with Crippen molar-refractivity contribution in [3.05, 3.63) is 82.7 Å². The molecule has 2 unspecified atom stereocenters. The van der Waals surface area contributed by atoms with Gasteiger partial charge in [-0.3, -0.25) is 14.6 Å². The maximum absolute atomic E-state index is 13.2. The molecule has 0 aliphatic carbocycles. The molecule has 3 rings (SSSR count). The van der Waals surface area contributed by atoms with Crippen LogP contribution in [0.4, 0.5) is 0 Å². The van der Waals surface area contributed by atoms with E-state index >= 15 is 0 Å². The zero-order valence-corrected chi connectivity index (χ0v) is 18.5. The number of rotatable bonds is 6. The molecule has 6 heteroatoms. The first-order chi connectivity index (χ1) is 15.3. The number of piperazine rings is 1. The molecule has 1 aliphatic heterocycles. The Morgan fingerprint density at radius 3 is 2.41 bits per heavy atom. The van der Waals surface area contributed by atoms with Crippen LogP contribution in [0.2, 0.25) is 0 Å². The van der Waals surface area contributed by atoms with Crippen molar-refractivity contribution in [2.24, 2.45) is 5.10 Å². The Hall–Kier alpha value is -3.85. The summed E-state index contributed by atoms with van der Waals surface area (Å²) in [5, 5.41) is 16.1. The summed E-state index contributed by atoms with van der Waals surface area (Å²) < 4.78 is 0. The molecule has 2 aromatic rings. The van der Waals surface area contributed by atoms with Crippen molar-refractivity contribution in [1.82, 2.24) is 9.91 Å². The molecule has 1 amide bonds. The molecular weight excluding hydrogens is 402 g/mol. The molecule has 2 aromatic carbocycles. The number of aliphatic hydroxyl groups is 1. The Morgan fingerprint density at radius 1 is 1.19 bits per heavy atom. The molecule has 0 spiro atoms. The van der Waals surface area contributed by atoms with Gasteiger partial charge >= 0.3 is 0 Å². The first-order valence-corrected chi connectivity index (χ1v) is 10.4. The first-order valence-electron chi connectivity index (χ1n) is 10.4. The predicted octanol–water partition coefficient (Wildman–Crippen LogP) is 3.70. The molecule has 0 aromatic heterocycles. The van der Waals surface area contributed by atoms with E-state index in [1.54, 1.807) is 4.90 Å². The van der Waals surface area contributed by atoms with Crippen LogP contribution in [0.25, 0.3) is 0 Å². The first kappa shape index (κ1) is 22.8. The van der Waals surface area contributed by atoms with Gasteiger partial charge in [-0.2, -0.15) is 5.10 Å². The van der Waals surface area contributed by atoms with Crippen LogP contribution in [-0.2, 0) is 9.59 Å². The fourth-order valence-electron chi connectivity index (χ4n) is 4.12. The lowest BCUT2D eigenvalue weighted by Crippen LogP contribution is -2.57. The van der Waals surface area contributed by atoms with E-state index in [2.05, 4.69) is 17.7 Å². The van der Waals surface area contributed by atoms with E-state index in [0.717, 1.165) is 16.7 Å². The summed E-state index contributed by atoms with van der Waals surface area (Å²) in [4.78, 5) is 26.9. The minimum Gasteiger partial charge on any atom is -0.503 e. The summed E-state index contributed by atoms with van der Waals surface area (Å²) in [7, 11) is 0. The van der Waals surface area contributed by atoms with E-state index in [1.807, 2.05) is 68.4 Å². The third-order valence-electron chi connectivity index (χ3n) is 5.68. The van der Waals surface area contributed by atoms with E-state index in [0.29, 0.717) is 6.54 Å². The van der Waals surface area contributed by atoms with Crippen LogP contribution in [0.3, 0.4) is 0 Å². The molecule has 2 atom stereocenters. The van der Waals surface area contributed by atoms with Gasteiger partial charge in [-0.15, -0.1) is 6.42 Å². The van der Waals surface area contributed by atoms with Crippen LogP contribution in [0.1, 0.15) is 43.4 Å². The van der Waals surface area contributed by atoms with E-state index in [4.69, 9.17) is 6.42 Å².